The van der Waals surface area contributed by atoms with Gasteiger partial charge in [0.1, 0.15) is 6.04 Å². The first-order valence-electron chi connectivity index (χ1n) is 7.27. The largest absolute Gasteiger partial charge is 0.368 e. The third-order valence-corrected chi connectivity index (χ3v) is 5.53. The van der Waals surface area contributed by atoms with Crippen molar-refractivity contribution < 1.29 is 9.59 Å². The second kappa shape index (κ2) is 5.20. The molecule has 0 saturated carbocycles. The molecule has 1 aliphatic heterocycles. The van der Waals surface area contributed by atoms with Gasteiger partial charge >= 0.3 is 0 Å². The fraction of sp³-hybridized carbons (Fsp3) is 0.600. The number of thiophene rings is 1. The lowest BCUT2D eigenvalue weighted by atomic mass is 9.88. The number of amides is 2. The maximum Gasteiger partial charge on any atom is 0.255 e. The highest BCUT2D eigenvalue weighted by Crippen LogP contribution is 2.34. The van der Waals surface area contributed by atoms with E-state index in [0.29, 0.717) is 18.9 Å². The van der Waals surface area contributed by atoms with Gasteiger partial charge in [0.25, 0.3) is 5.91 Å². The van der Waals surface area contributed by atoms with E-state index in [0.717, 1.165) is 31.2 Å². The minimum Gasteiger partial charge on any atom is -0.368 e. The van der Waals surface area contributed by atoms with Crippen LogP contribution in [0.4, 0.5) is 0 Å². The molecule has 1 saturated heterocycles. The summed E-state index contributed by atoms with van der Waals surface area (Å²) in [7, 11) is 0. The molecular weight excluding hydrogens is 272 g/mol. The average Bonchev–Trinajstić information content (AvgIpc) is 3.03. The summed E-state index contributed by atoms with van der Waals surface area (Å²) in [4.78, 5) is 27.2. The van der Waals surface area contributed by atoms with Gasteiger partial charge in [-0.2, -0.15) is 0 Å². The molecule has 1 unspecified atom stereocenters. The van der Waals surface area contributed by atoms with Gasteiger partial charge in [-0.15, -0.1) is 11.3 Å². The Morgan fingerprint density at radius 2 is 2.20 bits per heavy atom. The molecule has 20 heavy (non-hydrogen) atoms. The van der Waals surface area contributed by atoms with Crippen LogP contribution in [0.15, 0.2) is 5.38 Å². The molecule has 108 valence electrons. The van der Waals surface area contributed by atoms with Crippen molar-refractivity contribution in [2.24, 2.45) is 11.7 Å². The Morgan fingerprint density at radius 3 is 2.95 bits per heavy atom. The van der Waals surface area contributed by atoms with Crippen LogP contribution in [0.3, 0.4) is 0 Å². The van der Waals surface area contributed by atoms with E-state index in [4.69, 9.17) is 5.73 Å². The van der Waals surface area contributed by atoms with Crippen molar-refractivity contribution in [3.63, 3.8) is 0 Å². The van der Waals surface area contributed by atoms with Crippen molar-refractivity contribution in [2.45, 2.75) is 45.1 Å². The number of nitrogens with zero attached hydrogens (tertiary/aromatic N) is 1. The number of likely N-dealkylation sites (tertiary alicyclic amines) is 1. The summed E-state index contributed by atoms with van der Waals surface area (Å²) in [5.74, 6) is 0.321. The molecule has 2 amide bonds. The summed E-state index contributed by atoms with van der Waals surface area (Å²) < 4.78 is 0. The van der Waals surface area contributed by atoms with Crippen LogP contribution in [0.5, 0.6) is 0 Å². The van der Waals surface area contributed by atoms with E-state index in [1.54, 1.807) is 16.2 Å². The first-order valence-corrected chi connectivity index (χ1v) is 8.15. The van der Waals surface area contributed by atoms with Gasteiger partial charge in [0.2, 0.25) is 5.91 Å². The van der Waals surface area contributed by atoms with Gasteiger partial charge in [0.05, 0.1) is 5.56 Å². The Hall–Kier alpha value is -1.36. The topological polar surface area (TPSA) is 63.4 Å². The lowest BCUT2D eigenvalue weighted by Crippen LogP contribution is -2.43. The quantitative estimate of drug-likeness (QED) is 0.905. The number of hydrogen-bond donors (Lipinski definition) is 1. The fourth-order valence-corrected chi connectivity index (χ4v) is 4.56. The molecule has 2 heterocycles. The molecule has 1 fully saturated rings. The minimum atomic E-state index is -0.416. The van der Waals surface area contributed by atoms with Gasteiger partial charge in [0.15, 0.2) is 0 Å². The lowest BCUT2D eigenvalue weighted by Gasteiger charge is -2.24. The lowest BCUT2D eigenvalue weighted by molar-refractivity contribution is -0.121. The number of carbonyl (C=O) groups excluding carboxylic acids is 2. The molecule has 1 aliphatic carbocycles. The Labute approximate surface area is 122 Å². The predicted octanol–water partition coefficient (Wildman–Crippen LogP) is 1.96. The fourth-order valence-electron chi connectivity index (χ4n) is 3.32. The van der Waals surface area contributed by atoms with E-state index in [9.17, 15) is 9.59 Å². The van der Waals surface area contributed by atoms with Crippen molar-refractivity contribution in [2.75, 3.05) is 6.54 Å². The standard InChI is InChI=1S/C15H20N2O2S/c1-9-4-5-10-11(8-20-13(10)7-9)15(19)17-6-2-3-12(17)14(16)18/h8-9,12H,2-7H2,1H3,(H2,16,18)/t9?,12-/m0/s1. The molecule has 0 bridgehead atoms. The van der Waals surface area contributed by atoms with Crippen LogP contribution in [0.1, 0.15) is 47.0 Å². The molecule has 0 spiro atoms. The molecule has 1 aromatic heterocycles. The maximum atomic E-state index is 12.7. The molecule has 2 N–H and O–H groups in total. The van der Waals surface area contributed by atoms with Crippen molar-refractivity contribution in [1.29, 1.82) is 0 Å². The number of hydrogen-bond acceptors (Lipinski definition) is 3. The summed E-state index contributed by atoms with van der Waals surface area (Å²) in [6.07, 6.45) is 4.76. The zero-order valence-electron chi connectivity index (χ0n) is 11.7. The van der Waals surface area contributed by atoms with Crippen LogP contribution in [-0.4, -0.2) is 29.3 Å². The van der Waals surface area contributed by atoms with Crippen LogP contribution >= 0.6 is 11.3 Å². The zero-order valence-corrected chi connectivity index (χ0v) is 12.5. The van der Waals surface area contributed by atoms with E-state index in [1.807, 2.05) is 5.38 Å². The monoisotopic (exact) mass is 292 g/mol. The SMILES string of the molecule is CC1CCc2c(C(=O)N3CCC[C@H]3C(N)=O)csc2C1. The Kier molecular flexibility index (Phi) is 3.54. The number of primary amides is 1. The Bertz CT molecular complexity index is 552. The van der Waals surface area contributed by atoms with Crippen molar-refractivity contribution in [3.8, 4) is 0 Å². The Morgan fingerprint density at radius 1 is 1.40 bits per heavy atom. The number of rotatable bonds is 2. The van der Waals surface area contributed by atoms with Gasteiger partial charge in [-0.3, -0.25) is 9.59 Å². The van der Waals surface area contributed by atoms with Crippen LogP contribution < -0.4 is 5.73 Å². The molecule has 0 radical (unpaired) electrons. The normalized spacial score (nSPS) is 25.6. The third-order valence-electron chi connectivity index (χ3n) is 4.47. The molecule has 2 atom stereocenters. The Balaban J connectivity index is 1.86. The highest BCUT2D eigenvalue weighted by atomic mass is 32.1. The van der Waals surface area contributed by atoms with E-state index >= 15 is 0 Å². The van der Waals surface area contributed by atoms with E-state index in [2.05, 4.69) is 6.92 Å². The summed E-state index contributed by atoms with van der Waals surface area (Å²) >= 11 is 1.69. The predicted molar refractivity (Wildman–Crippen MR) is 78.8 cm³/mol. The second-order valence-electron chi connectivity index (χ2n) is 5.96. The van der Waals surface area contributed by atoms with Crippen molar-refractivity contribution in [1.82, 2.24) is 4.90 Å². The van der Waals surface area contributed by atoms with Crippen molar-refractivity contribution >= 4 is 23.2 Å². The average molecular weight is 292 g/mol. The second-order valence-corrected chi connectivity index (χ2v) is 6.92. The first kappa shape index (κ1) is 13.6. The highest BCUT2D eigenvalue weighted by molar-refractivity contribution is 7.10. The smallest absolute Gasteiger partial charge is 0.255 e. The summed E-state index contributed by atoms with van der Waals surface area (Å²) in [6.45, 7) is 2.90. The molecule has 4 nitrogen and oxygen atoms in total. The van der Waals surface area contributed by atoms with Gasteiger partial charge in [-0.1, -0.05) is 6.92 Å². The maximum absolute atomic E-state index is 12.7. The molecule has 3 rings (SSSR count). The summed E-state index contributed by atoms with van der Waals surface area (Å²) in [5, 5.41) is 1.97. The molecule has 5 heteroatoms. The van der Waals surface area contributed by atoms with Gasteiger partial charge in [0, 0.05) is 16.8 Å². The summed E-state index contributed by atoms with van der Waals surface area (Å²) in [6, 6.07) is -0.416. The number of fused-ring (bicyclic) bond motifs is 1. The molecule has 0 aromatic carbocycles. The van der Waals surface area contributed by atoms with Crippen LogP contribution in [-0.2, 0) is 17.6 Å². The third kappa shape index (κ3) is 2.24. The molecule has 1 aromatic rings. The van der Waals surface area contributed by atoms with Crippen LogP contribution in [0.25, 0.3) is 0 Å². The van der Waals surface area contributed by atoms with Gasteiger partial charge in [-0.25, -0.2) is 0 Å². The molecular formula is C15H20N2O2S. The zero-order chi connectivity index (χ0) is 14.3. The first-order chi connectivity index (χ1) is 9.58. The van der Waals surface area contributed by atoms with Crippen LogP contribution in [0, 0.1) is 5.92 Å². The number of nitrogens with two attached hydrogens (primary N) is 1. The highest BCUT2D eigenvalue weighted by Gasteiger charge is 2.35. The van der Waals surface area contributed by atoms with Crippen LogP contribution in [0.2, 0.25) is 0 Å². The van der Waals surface area contributed by atoms with E-state index < -0.39 is 6.04 Å². The molecule has 2 aliphatic rings. The van der Waals surface area contributed by atoms with Gasteiger partial charge < -0.3 is 10.6 Å². The summed E-state index contributed by atoms with van der Waals surface area (Å²) in [5.41, 5.74) is 7.43. The minimum absolute atomic E-state index is 0.00152. The van der Waals surface area contributed by atoms with E-state index in [1.165, 1.54) is 10.4 Å². The number of carbonyl (C=O) groups is 2. The van der Waals surface area contributed by atoms with E-state index in [-0.39, 0.29) is 11.8 Å². The van der Waals surface area contributed by atoms with Crippen molar-refractivity contribution in [3.05, 3.63) is 21.4 Å². The van der Waals surface area contributed by atoms with Gasteiger partial charge in [-0.05, 0) is 43.6 Å².